The van der Waals surface area contributed by atoms with Gasteiger partial charge in [0.15, 0.2) is 5.82 Å². The number of hydrogen-bond donors (Lipinski definition) is 0. The van der Waals surface area contributed by atoms with E-state index in [1.54, 1.807) is 6.07 Å². The van der Waals surface area contributed by atoms with Crippen LogP contribution in [0, 0.1) is 12.7 Å². The van der Waals surface area contributed by atoms with Crippen molar-refractivity contribution in [2.24, 2.45) is 0 Å². The van der Waals surface area contributed by atoms with E-state index in [-0.39, 0.29) is 11.2 Å². The summed E-state index contributed by atoms with van der Waals surface area (Å²) >= 11 is 6.04. The second kappa shape index (κ2) is 4.89. The average Bonchev–Trinajstić information content (AvgIpc) is 2.25. The standard InChI is InChI=1S/C15H16ClFN2/c1-9-5-10(7-11(17)6-9)14-18-12(15(2,3)4)8-13(16)19-14/h5-8H,1-4H3. The van der Waals surface area contributed by atoms with Crippen LogP contribution in [0.1, 0.15) is 32.0 Å². The van der Waals surface area contributed by atoms with E-state index in [0.29, 0.717) is 16.5 Å². The number of rotatable bonds is 1. The van der Waals surface area contributed by atoms with Gasteiger partial charge in [0.25, 0.3) is 0 Å². The number of benzene rings is 1. The summed E-state index contributed by atoms with van der Waals surface area (Å²) < 4.78 is 13.5. The van der Waals surface area contributed by atoms with Crippen LogP contribution >= 0.6 is 11.6 Å². The predicted octanol–water partition coefficient (Wildman–Crippen LogP) is 4.54. The molecule has 0 spiro atoms. The molecule has 0 fully saturated rings. The van der Waals surface area contributed by atoms with E-state index in [0.717, 1.165) is 11.3 Å². The zero-order chi connectivity index (χ0) is 14.2. The Bertz CT molecular complexity index is 598. The van der Waals surface area contributed by atoms with E-state index in [1.165, 1.54) is 12.1 Å². The van der Waals surface area contributed by atoms with Gasteiger partial charge in [0, 0.05) is 11.0 Å². The Balaban J connectivity index is 2.59. The Labute approximate surface area is 117 Å². The molecule has 4 heteroatoms. The van der Waals surface area contributed by atoms with Crippen molar-refractivity contribution in [3.63, 3.8) is 0 Å². The summed E-state index contributed by atoms with van der Waals surface area (Å²) in [4.78, 5) is 8.68. The third-order valence-electron chi connectivity index (χ3n) is 2.76. The van der Waals surface area contributed by atoms with Gasteiger partial charge in [-0.05, 0) is 36.8 Å². The third-order valence-corrected chi connectivity index (χ3v) is 2.96. The molecule has 0 saturated heterocycles. The molecule has 0 bridgehead atoms. The van der Waals surface area contributed by atoms with E-state index in [9.17, 15) is 4.39 Å². The highest BCUT2D eigenvalue weighted by molar-refractivity contribution is 6.29. The Hall–Kier alpha value is -1.48. The maximum absolute atomic E-state index is 13.5. The Morgan fingerprint density at radius 1 is 1.05 bits per heavy atom. The van der Waals surface area contributed by atoms with Crippen molar-refractivity contribution in [3.05, 3.63) is 46.5 Å². The molecule has 1 aromatic heterocycles. The van der Waals surface area contributed by atoms with E-state index >= 15 is 0 Å². The largest absolute Gasteiger partial charge is 0.232 e. The average molecular weight is 279 g/mol. The number of aromatic nitrogens is 2. The maximum atomic E-state index is 13.5. The van der Waals surface area contributed by atoms with E-state index in [4.69, 9.17) is 11.6 Å². The first-order chi connectivity index (χ1) is 8.75. The summed E-state index contributed by atoms with van der Waals surface area (Å²) in [6.45, 7) is 7.98. The van der Waals surface area contributed by atoms with Crippen molar-refractivity contribution < 1.29 is 4.39 Å². The minimum atomic E-state index is -0.295. The van der Waals surface area contributed by atoms with Gasteiger partial charge in [-0.15, -0.1) is 0 Å². The molecule has 2 nitrogen and oxygen atoms in total. The number of halogens is 2. The number of aryl methyl sites for hydroxylation is 1. The minimum Gasteiger partial charge on any atom is -0.232 e. The molecule has 2 rings (SSSR count). The Morgan fingerprint density at radius 3 is 2.32 bits per heavy atom. The molecule has 19 heavy (non-hydrogen) atoms. The number of nitrogens with zero attached hydrogens (tertiary/aromatic N) is 2. The maximum Gasteiger partial charge on any atom is 0.161 e. The van der Waals surface area contributed by atoms with Gasteiger partial charge in [-0.3, -0.25) is 0 Å². The molecule has 1 aromatic carbocycles. The van der Waals surface area contributed by atoms with Crippen LogP contribution in [-0.2, 0) is 5.41 Å². The van der Waals surface area contributed by atoms with E-state index in [1.807, 2.05) is 33.8 Å². The fourth-order valence-corrected chi connectivity index (χ4v) is 1.98. The third kappa shape index (κ3) is 3.29. The first kappa shape index (κ1) is 13.9. The second-order valence-electron chi connectivity index (χ2n) is 5.67. The lowest BCUT2D eigenvalue weighted by molar-refractivity contribution is 0.568. The Morgan fingerprint density at radius 2 is 1.74 bits per heavy atom. The van der Waals surface area contributed by atoms with Gasteiger partial charge in [0.05, 0.1) is 5.69 Å². The minimum absolute atomic E-state index is 0.135. The molecule has 2 aromatic rings. The molecule has 0 atom stereocenters. The van der Waals surface area contributed by atoms with Crippen LogP contribution in [0.4, 0.5) is 4.39 Å². The number of hydrogen-bond acceptors (Lipinski definition) is 2. The van der Waals surface area contributed by atoms with Crippen LogP contribution in [0.15, 0.2) is 24.3 Å². The monoisotopic (exact) mass is 278 g/mol. The summed E-state index contributed by atoms with van der Waals surface area (Å²) in [5.74, 6) is 0.163. The topological polar surface area (TPSA) is 25.8 Å². The summed E-state index contributed by atoms with van der Waals surface area (Å²) in [5, 5.41) is 0.372. The zero-order valence-corrected chi connectivity index (χ0v) is 12.2. The molecule has 0 N–H and O–H groups in total. The highest BCUT2D eigenvalue weighted by Crippen LogP contribution is 2.26. The molecule has 0 aliphatic rings. The van der Waals surface area contributed by atoms with Gasteiger partial charge in [-0.2, -0.15) is 0 Å². The van der Waals surface area contributed by atoms with Crippen LogP contribution < -0.4 is 0 Å². The molecular formula is C15H16ClFN2. The summed E-state index contributed by atoms with van der Waals surface area (Å²) in [6.07, 6.45) is 0. The van der Waals surface area contributed by atoms with Crippen molar-refractivity contribution in [1.29, 1.82) is 0 Å². The quantitative estimate of drug-likeness (QED) is 0.716. The van der Waals surface area contributed by atoms with Gasteiger partial charge >= 0.3 is 0 Å². The van der Waals surface area contributed by atoms with Crippen LogP contribution in [0.2, 0.25) is 5.15 Å². The molecule has 0 unspecified atom stereocenters. The summed E-state index contributed by atoms with van der Waals surface area (Å²) in [7, 11) is 0. The van der Waals surface area contributed by atoms with E-state index in [2.05, 4.69) is 9.97 Å². The zero-order valence-electron chi connectivity index (χ0n) is 11.5. The normalized spacial score (nSPS) is 11.7. The van der Waals surface area contributed by atoms with Gasteiger partial charge in [-0.1, -0.05) is 32.4 Å². The molecule has 0 amide bonds. The smallest absolute Gasteiger partial charge is 0.161 e. The molecule has 0 saturated carbocycles. The van der Waals surface area contributed by atoms with Crippen LogP contribution in [0.5, 0.6) is 0 Å². The Kier molecular flexibility index (Phi) is 3.59. The van der Waals surface area contributed by atoms with Gasteiger partial charge in [-0.25, -0.2) is 14.4 Å². The van der Waals surface area contributed by atoms with E-state index < -0.39 is 0 Å². The summed E-state index contributed by atoms with van der Waals surface area (Å²) in [6, 6.07) is 6.49. The predicted molar refractivity (Wildman–Crippen MR) is 75.9 cm³/mol. The molecule has 0 aliphatic heterocycles. The lowest BCUT2D eigenvalue weighted by atomic mass is 9.92. The van der Waals surface area contributed by atoms with Crippen LogP contribution in [0.3, 0.4) is 0 Å². The van der Waals surface area contributed by atoms with Gasteiger partial charge in [0.2, 0.25) is 0 Å². The van der Waals surface area contributed by atoms with Crippen molar-refractivity contribution in [2.45, 2.75) is 33.1 Å². The van der Waals surface area contributed by atoms with Crippen molar-refractivity contribution in [1.82, 2.24) is 9.97 Å². The first-order valence-electron chi connectivity index (χ1n) is 6.08. The lowest BCUT2D eigenvalue weighted by Crippen LogP contribution is -2.14. The van der Waals surface area contributed by atoms with Crippen LogP contribution in [-0.4, -0.2) is 9.97 Å². The highest BCUT2D eigenvalue weighted by atomic mass is 35.5. The molecular weight excluding hydrogens is 263 g/mol. The van der Waals surface area contributed by atoms with Crippen molar-refractivity contribution in [3.8, 4) is 11.4 Å². The first-order valence-corrected chi connectivity index (χ1v) is 6.46. The second-order valence-corrected chi connectivity index (χ2v) is 6.05. The molecule has 0 aliphatic carbocycles. The van der Waals surface area contributed by atoms with Gasteiger partial charge < -0.3 is 0 Å². The lowest BCUT2D eigenvalue weighted by Gasteiger charge is -2.18. The fourth-order valence-electron chi connectivity index (χ4n) is 1.80. The van der Waals surface area contributed by atoms with Crippen molar-refractivity contribution in [2.75, 3.05) is 0 Å². The molecule has 0 radical (unpaired) electrons. The van der Waals surface area contributed by atoms with Gasteiger partial charge in [0.1, 0.15) is 11.0 Å². The molecule has 100 valence electrons. The molecule has 1 heterocycles. The van der Waals surface area contributed by atoms with Crippen molar-refractivity contribution >= 4 is 11.6 Å². The highest BCUT2D eigenvalue weighted by Gasteiger charge is 2.18. The SMILES string of the molecule is Cc1cc(F)cc(-c2nc(Cl)cc(C(C)(C)C)n2)c1. The fraction of sp³-hybridized carbons (Fsp3) is 0.333. The van der Waals surface area contributed by atoms with Crippen LogP contribution in [0.25, 0.3) is 11.4 Å². The summed E-state index contributed by atoms with van der Waals surface area (Å²) in [5.41, 5.74) is 2.18.